The number of carbonyl (C=O) groups is 2. The molecule has 0 bridgehead atoms. The van der Waals surface area contributed by atoms with E-state index in [0.29, 0.717) is 0 Å². The average Bonchev–Trinajstić information content (AvgIpc) is 2.87. The molecule has 1 saturated heterocycles. The third-order valence-corrected chi connectivity index (χ3v) is 7.41. The molecule has 1 aliphatic heterocycles. The SMILES string of the molecule is O=C1C=C/C(=C(/c2ccc(OC3OC(C(=O)O)[C@H](O)[C@H](O)[C@@H]3O)c(Cl)c2)c2ccccc2S(=O)(=O)[O-])C=C1Cl.[Na+]. The van der Waals surface area contributed by atoms with Gasteiger partial charge in [-0.2, -0.15) is 0 Å². The Hall–Kier alpha value is -2.07. The Morgan fingerprint density at radius 1 is 1.00 bits per heavy atom. The van der Waals surface area contributed by atoms with Gasteiger partial charge in [-0.3, -0.25) is 4.79 Å². The van der Waals surface area contributed by atoms with Crippen LogP contribution in [-0.2, 0) is 24.4 Å². The molecule has 0 spiro atoms. The number of aliphatic carboxylic acids is 1. The number of hydrogen-bond donors (Lipinski definition) is 4. The minimum atomic E-state index is -4.94. The van der Waals surface area contributed by atoms with E-state index in [4.69, 9.17) is 32.7 Å². The number of ether oxygens (including phenoxy) is 2. The minimum Gasteiger partial charge on any atom is -0.744 e. The van der Waals surface area contributed by atoms with E-state index in [2.05, 4.69) is 0 Å². The maximum absolute atomic E-state index is 12.0. The molecule has 0 aromatic heterocycles. The molecule has 4 rings (SSSR count). The van der Waals surface area contributed by atoms with Crippen LogP contribution in [-0.4, -0.2) is 75.9 Å². The molecule has 0 radical (unpaired) electrons. The summed E-state index contributed by atoms with van der Waals surface area (Å²) < 4.78 is 46.7. The van der Waals surface area contributed by atoms with E-state index >= 15 is 0 Å². The summed E-state index contributed by atoms with van der Waals surface area (Å²) in [5, 5.41) is 39.0. The Kier molecular flexibility index (Phi) is 10.4. The van der Waals surface area contributed by atoms with Crippen LogP contribution in [0.2, 0.25) is 5.02 Å². The van der Waals surface area contributed by atoms with Gasteiger partial charge in [0.2, 0.25) is 6.29 Å². The standard InChI is InChI=1S/C25H20Cl2O11S.Na/c26-14-9-11(5-7-16(14)28)19(13-3-1-2-4-18(13)39(34,35)36)12-6-8-17(15(27)10-12)37-25-22(31)20(29)21(30)23(38-25)24(32)33;/h1-10,20-23,25,29-31H,(H,32,33)(H,34,35,36);/q;+1/p-1/b19-11+;/t20-,21+,22-,23?,25?;/m0./s1. The Labute approximate surface area is 260 Å². The van der Waals surface area contributed by atoms with E-state index in [1.165, 1.54) is 54.6 Å². The van der Waals surface area contributed by atoms with Crippen LogP contribution in [0.15, 0.2) is 76.2 Å². The molecule has 0 amide bonds. The molecule has 40 heavy (non-hydrogen) atoms. The van der Waals surface area contributed by atoms with E-state index in [-0.39, 0.29) is 67.6 Å². The van der Waals surface area contributed by atoms with Crippen LogP contribution in [0.4, 0.5) is 0 Å². The van der Waals surface area contributed by atoms with Gasteiger partial charge in [0.05, 0.1) is 15.0 Å². The Balaban J connectivity index is 0.00000441. The van der Waals surface area contributed by atoms with E-state index in [1.807, 2.05) is 0 Å². The number of allylic oxidation sites excluding steroid dienone is 5. The van der Waals surface area contributed by atoms with Gasteiger partial charge in [0, 0.05) is 5.56 Å². The summed E-state index contributed by atoms with van der Waals surface area (Å²) in [6.07, 6.45) is -5.42. The number of carbonyl (C=O) groups excluding carboxylic acids is 1. The van der Waals surface area contributed by atoms with Crippen LogP contribution in [0, 0.1) is 0 Å². The number of ketones is 1. The number of benzene rings is 2. The van der Waals surface area contributed by atoms with Gasteiger partial charge in [-0.25, -0.2) is 13.2 Å². The topological polar surface area (TPSA) is 191 Å². The monoisotopic (exact) mass is 620 g/mol. The number of aliphatic hydroxyl groups is 3. The molecule has 1 heterocycles. The Morgan fingerprint density at radius 3 is 2.27 bits per heavy atom. The van der Waals surface area contributed by atoms with Crippen molar-refractivity contribution in [3.8, 4) is 5.75 Å². The fourth-order valence-electron chi connectivity index (χ4n) is 4.05. The summed E-state index contributed by atoms with van der Waals surface area (Å²) >= 11 is 12.4. The summed E-state index contributed by atoms with van der Waals surface area (Å²) in [6, 6.07) is 9.43. The summed E-state index contributed by atoms with van der Waals surface area (Å²) in [5.74, 6) is -2.21. The van der Waals surface area contributed by atoms with Crippen molar-refractivity contribution in [2.45, 2.75) is 35.6 Å². The summed E-state index contributed by atoms with van der Waals surface area (Å²) in [7, 11) is -4.94. The number of carboxylic acids is 1. The van der Waals surface area contributed by atoms with Gasteiger partial charge in [-0.05, 0) is 47.1 Å². The van der Waals surface area contributed by atoms with Crippen LogP contribution < -0.4 is 34.3 Å². The van der Waals surface area contributed by atoms with Gasteiger partial charge in [-0.15, -0.1) is 0 Å². The van der Waals surface area contributed by atoms with Gasteiger partial charge in [0.15, 0.2) is 11.9 Å². The normalized spacial score (nSPS) is 26.0. The fourth-order valence-corrected chi connectivity index (χ4v) is 5.14. The molecular formula is C25H19Cl2NaO11S. The van der Waals surface area contributed by atoms with E-state index in [9.17, 15) is 43.0 Å². The van der Waals surface area contributed by atoms with Crippen LogP contribution in [0.1, 0.15) is 11.1 Å². The quantitative estimate of drug-likeness (QED) is 0.219. The summed E-state index contributed by atoms with van der Waals surface area (Å²) in [5.41, 5.74) is 0.730. The molecule has 206 valence electrons. The number of halogens is 2. The van der Waals surface area contributed by atoms with Crippen molar-refractivity contribution in [1.29, 1.82) is 0 Å². The van der Waals surface area contributed by atoms with Crippen LogP contribution >= 0.6 is 23.2 Å². The molecule has 5 atom stereocenters. The molecule has 11 nitrogen and oxygen atoms in total. The van der Waals surface area contributed by atoms with Crippen LogP contribution in [0.5, 0.6) is 5.75 Å². The number of aliphatic hydroxyl groups excluding tert-OH is 3. The van der Waals surface area contributed by atoms with Crippen molar-refractivity contribution in [1.82, 2.24) is 0 Å². The van der Waals surface area contributed by atoms with Gasteiger partial charge < -0.3 is 34.5 Å². The molecule has 2 aliphatic rings. The predicted molar refractivity (Wildman–Crippen MR) is 135 cm³/mol. The summed E-state index contributed by atoms with van der Waals surface area (Å²) in [6.45, 7) is 0. The largest absolute Gasteiger partial charge is 1.00 e. The Morgan fingerprint density at radius 2 is 1.68 bits per heavy atom. The van der Waals surface area contributed by atoms with E-state index in [1.54, 1.807) is 0 Å². The van der Waals surface area contributed by atoms with Gasteiger partial charge >= 0.3 is 35.5 Å². The van der Waals surface area contributed by atoms with E-state index in [0.717, 1.165) is 6.07 Å². The molecule has 1 aliphatic carbocycles. The molecule has 1 fully saturated rings. The van der Waals surface area contributed by atoms with Crippen molar-refractivity contribution in [3.63, 3.8) is 0 Å². The first kappa shape index (κ1) is 32.4. The first-order valence-corrected chi connectivity index (χ1v) is 13.2. The second kappa shape index (κ2) is 12.8. The predicted octanol–water partition coefficient (Wildman–Crippen LogP) is -1.42. The van der Waals surface area contributed by atoms with Crippen molar-refractivity contribution >= 4 is 50.6 Å². The molecular weight excluding hydrogens is 602 g/mol. The molecule has 2 unspecified atom stereocenters. The maximum Gasteiger partial charge on any atom is 1.00 e. The molecule has 2 aromatic carbocycles. The third kappa shape index (κ3) is 6.69. The zero-order valence-electron chi connectivity index (χ0n) is 20.5. The zero-order valence-corrected chi connectivity index (χ0v) is 24.8. The zero-order chi connectivity index (χ0) is 28.6. The van der Waals surface area contributed by atoms with Gasteiger partial charge in [0.25, 0.3) is 0 Å². The molecule has 2 aromatic rings. The maximum atomic E-state index is 12.0. The van der Waals surface area contributed by atoms with Crippen molar-refractivity contribution in [3.05, 3.63) is 87.4 Å². The number of carboxylic acid groups (broad SMARTS) is 1. The first-order chi connectivity index (χ1) is 18.3. The first-order valence-electron chi connectivity index (χ1n) is 11.1. The smallest absolute Gasteiger partial charge is 0.744 e. The van der Waals surface area contributed by atoms with Gasteiger partial charge in [0.1, 0.15) is 34.2 Å². The van der Waals surface area contributed by atoms with Gasteiger partial charge in [-0.1, -0.05) is 53.5 Å². The third-order valence-electron chi connectivity index (χ3n) is 5.92. The summed E-state index contributed by atoms with van der Waals surface area (Å²) in [4.78, 5) is 22.7. The van der Waals surface area contributed by atoms with E-state index < -0.39 is 57.5 Å². The molecule has 15 heteroatoms. The average molecular weight is 621 g/mol. The Bertz CT molecular complexity index is 1540. The number of hydrogen-bond acceptors (Lipinski definition) is 10. The minimum absolute atomic E-state index is 0. The number of rotatable bonds is 6. The van der Waals surface area contributed by atoms with Crippen molar-refractivity contribution < 1.29 is 82.0 Å². The second-order valence-corrected chi connectivity index (χ2v) is 10.6. The molecule has 4 N–H and O–H groups in total. The van der Waals surface area contributed by atoms with Crippen molar-refractivity contribution in [2.24, 2.45) is 0 Å². The molecule has 0 saturated carbocycles. The van der Waals surface area contributed by atoms with Crippen LogP contribution in [0.25, 0.3) is 5.57 Å². The van der Waals surface area contributed by atoms with Crippen LogP contribution in [0.3, 0.4) is 0 Å². The van der Waals surface area contributed by atoms with Crippen molar-refractivity contribution in [2.75, 3.05) is 0 Å². The fraction of sp³-hybridized carbons (Fsp3) is 0.200. The second-order valence-electron chi connectivity index (χ2n) is 8.47.